The summed E-state index contributed by atoms with van der Waals surface area (Å²) in [4.78, 5) is 19.4. The summed E-state index contributed by atoms with van der Waals surface area (Å²) in [5, 5.41) is 4.25. The van der Waals surface area contributed by atoms with Crippen molar-refractivity contribution in [3.05, 3.63) is 35.7 Å². The van der Waals surface area contributed by atoms with Gasteiger partial charge in [0.2, 0.25) is 5.91 Å². The lowest BCUT2D eigenvalue weighted by atomic mass is 10.1. The summed E-state index contributed by atoms with van der Waals surface area (Å²) in [7, 11) is 0. The van der Waals surface area contributed by atoms with E-state index in [1.54, 1.807) is 10.9 Å². The first-order chi connectivity index (χ1) is 12.6. The molecule has 2 aromatic heterocycles. The molecule has 0 bridgehead atoms. The standard InChI is InChI=1S/C20H29N5O/c1-15-10-22-23(12-15)14-20(26)24-9-3-4-18(24)7-8-19-21-11-16(2)25(19)13-17-5-6-17/h10-12,17-18H,3-9,13-14H2,1-2H3. The molecule has 1 saturated carbocycles. The first-order valence-corrected chi connectivity index (χ1v) is 9.89. The largest absolute Gasteiger partial charge is 0.338 e. The van der Waals surface area contributed by atoms with Crippen LogP contribution in [0.15, 0.2) is 18.6 Å². The van der Waals surface area contributed by atoms with Crippen molar-refractivity contribution in [3.8, 4) is 0 Å². The van der Waals surface area contributed by atoms with Crippen LogP contribution in [-0.2, 0) is 24.3 Å². The van der Waals surface area contributed by atoms with Crippen LogP contribution in [0.5, 0.6) is 0 Å². The molecule has 6 heteroatoms. The zero-order valence-electron chi connectivity index (χ0n) is 15.9. The molecule has 0 radical (unpaired) electrons. The van der Waals surface area contributed by atoms with Crippen molar-refractivity contribution in [2.24, 2.45) is 5.92 Å². The molecule has 4 rings (SSSR count). The molecule has 3 heterocycles. The number of aromatic nitrogens is 4. The van der Waals surface area contributed by atoms with Crippen LogP contribution in [0.2, 0.25) is 0 Å². The van der Waals surface area contributed by atoms with Crippen LogP contribution in [0, 0.1) is 19.8 Å². The van der Waals surface area contributed by atoms with Gasteiger partial charge in [-0.05, 0) is 57.4 Å². The van der Waals surface area contributed by atoms with Gasteiger partial charge in [0, 0.05) is 43.6 Å². The molecule has 1 saturated heterocycles. The minimum absolute atomic E-state index is 0.188. The second-order valence-corrected chi connectivity index (χ2v) is 8.01. The third-order valence-electron chi connectivity index (χ3n) is 5.73. The van der Waals surface area contributed by atoms with Crippen LogP contribution in [0.25, 0.3) is 0 Å². The molecule has 1 amide bonds. The van der Waals surface area contributed by atoms with E-state index in [2.05, 4.69) is 26.5 Å². The normalized spacial score (nSPS) is 20.1. The van der Waals surface area contributed by atoms with Gasteiger partial charge in [0.05, 0.1) is 6.20 Å². The summed E-state index contributed by atoms with van der Waals surface area (Å²) in [6.07, 6.45) is 12.6. The molecule has 1 unspecified atom stereocenters. The highest BCUT2D eigenvalue weighted by Gasteiger charge is 2.29. The van der Waals surface area contributed by atoms with Crippen LogP contribution in [0.3, 0.4) is 0 Å². The van der Waals surface area contributed by atoms with Crippen molar-refractivity contribution in [1.29, 1.82) is 0 Å². The second kappa shape index (κ2) is 7.25. The fourth-order valence-corrected chi connectivity index (χ4v) is 4.06. The molecular weight excluding hydrogens is 326 g/mol. The number of likely N-dealkylation sites (tertiary alicyclic amines) is 1. The lowest BCUT2D eigenvalue weighted by molar-refractivity contribution is -0.132. The van der Waals surface area contributed by atoms with Gasteiger partial charge in [-0.3, -0.25) is 9.48 Å². The van der Waals surface area contributed by atoms with Gasteiger partial charge in [0.15, 0.2) is 0 Å². The fourth-order valence-electron chi connectivity index (χ4n) is 4.06. The van der Waals surface area contributed by atoms with E-state index in [0.29, 0.717) is 12.6 Å². The average molecular weight is 355 g/mol. The summed E-state index contributed by atoms with van der Waals surface area (Å²) < 4.78 is 4.14. The SMILES string of the molecule is Cc1cnn(CC(=O)N2CCCC2CCc2ncc(C)n2CC2CC2)c1. The first-order valence-electron chi connectivity index (χ1n) is 9.89. The Morgan fingerprint density at radius 2 is 2.08 bits per heavy atom. The Balaban J connectivity index is 1.36. The van der Waals surface area contributed by atoms with Crippen molar-refractivity contribution < 1.29 is 4.79 Å². The minimum Gasteiger partial charge on any atom is -0.338 e. The summed E-state index contributed by atoms with van der Waals surface area (Å²) in [5.41, 5.74) is 2.36. The first kappa shape index (κ1) is 17.3. The highest BCUT2D eigenvalue weighted by atomic mass is 16.2. The Morgan fingerprint density at radius 3 is 2.81 bits per heavy atom. The van der Waals surface area contributed by atoms with E-state index in [-0.39, 0.29) is 5.91 Å². The van der Waals surface area contributed by atoms with Crippen LogP contribution in [0.4, 0.5) is 0 Å². The van der Waals surface area contributed by atoms with Crippen molar-refractivity contribution in [2.75, 3.05) is 6.54 Å². The number of aryl methyl sites for hydroxylation is 3. The van der Waals surface area contributed by atoms with Crippen molar-refractivity contribution >= 4 is 5.91 Å². The Kier molecular flexibility index (Phi) is 4.83. The molecule has 140 valence electrons. The molecule has 2 aromatic rings. The Labute approximate surface area is 155 Å². The van der Waals surface area contributed by atoms with Gasteiger partial charge in [-0.25, -0.2) is 4.98 Å². The van der Waals surface area contributed by atoms with E-state index < -0.39 is 0 Å². The number of carbonyl (C=O) groups excluding carboxylic acids is 1. The predicted molar refractivity (Wildman–Crippen MR) is 99.7 cm³/mol. The monoisotopic (exact) mass is 355 g/mol. The van der Waals surface area contributed by atoms with Gasteiger partial charge >= 0.3 is 0 Å². The average Bonchev–Trinajstić information content (AvgIpc) is 2.98. The summed E-state index contributed by atoms with van der Waals surface area (Å²) in [6, 6.07) is 0.338. The van der Waals surface area contributed by atoms with Gasteiger partial charge in [-0.15, -0.1) is 0 Å². The van der Waals surface area contributed by atoms with Crippen LogP contribution >= 0.6 is 0 Å². The molecule has 0 aromatic carbocycles. The number of nitrogens with zero attached hydrogens (tertiary/aromatic N) is 5. The van der Waals surface area contributed by atoms with E-state index in [1.807, 2.05) is 19.3 Å². The molecule has 2 aliphatic rings. The highest BCUT2D eigenvalue weighted by Crippen LogP contribution is 2.32. The second-order valence-electron chi connectivity index (χ2n) is 8.01. The van der Waals surface area contributed by atoms with Crippen LogP contribution < -0.4 is 0 Å². The molecule has 1 aliphatic carbocycles. The molecule has 2 fully saturated rings. The molecule has 1 aliphatic heterocycles. The minimum atomic E-state index is 0.188. The summed E-state index contributed by atoms with van der Waals surface area (Å²) in [6.45, 7) is 6.49. The highest BCUT2D eigenvalue weighted by molar-refractivity contribution is 5.76. The molecular formula is C20H29N5O. The Morgan fingerprint density at radius 1 is 1.23 bits per heavy atom. The molecule has 1 atom stereocenters. The number of carbonyl (C=O) groups is 1. The maximum Gasteiger partial charge on any atom is 0.244 e. The molecule has 6 nitrogen and oxygen atoms in total. The summed E-state index contributed by atoms with van der Waals surface area (Å²) >= 11 is 0. The van der Waals surface area contributed by atoms with Crippen LogP contribution in [-0.4, -0.2) is 42.7 Å². The van der Waals surface area contributed by atoms with E-state index in [1.165, 1.54) is 24.4 Å². The lowest BCUT2D eigenvalue weighted by Crippen LogP contribution is -2.38. The summed E-state index contributed by atoms with van der Waals surface area (Å²) in [5.74, 6) is 2.23. The molecule has 0 N–H and O–H groups in total. The predicted octanol–water partition coefficient (Wildman–Crippen LogP) is 2.73. The van der Waals surface area contributed by atoms with Gasteiger partial charge in [-0.1, -0.05) is 0 Å². The van der Waals surface area contributed by atoms with Gasteiger partial charge in [-0.2, -0.15) is 5.10 Å². The Bertz CT molecular complexity index is 773. The van der Waals surface area contributed by atoms with E-state index in [9.17, 15) is 4.79 Å². The van der Waals surface area contributed by atoms with Gasteiger partial charge < -0.3 is 9.47 Å². The third-order valence-corrected chi connectivity index (χ3v) is 5.73. The van der Waals surface area contributed by atoms with Gasteiger partial charge in [0.25, 0.3) is 0 Å². The van der Waals surface area contributed by atoms with Gasteiger partial charge in [0.1, 0.15) is 12.4 Å². The van der Waals surface area contributed by atoms with Crippen molar-refractivity contribution in [1.82, 2.24) is 24.2 Å². The smallest absolute Gasteiger partial charge is 0.244 e. The van der Waals surface area contributed by atoms with Crippen molar-refractivity contribution in [3.63, 3.8) is 0 Å². The Hall–Kier alpha value is -2.11. The van der Waals surface area contributed by atoms with Crippen LogP contribution in [0.1, 0.15) is 49.2 Å². The van der Waals surface area contributed by atoms with E-state index in [0.717, 1.165) is 50.3 Å². The molecule has 26 heavy (non-hydrogen) atoms. The lowest BCUT2D eigenvalue weighted by Gasteiger charge is -2.25. The number of rotatable bonds is 7. The van der Waals surface area contributed by atoms with E-state index >= 15 is 0 Å². The number of amides is 1. The maximum absolute atomic E-state index is 12.7. The fraction of sp³-hybridized carbons (Fsp3) is 0.650. The zero-order chi connectivity index (χ0) is 18.1. The quantitative estimate of drug-likeness (QED) is 0.767. The topological polar surface area (TPSA) is 56.0 Å². The number of hydrogen-bond acceptors (Lipinski definition) is 3. The number of imidazole rings is 1. The third kappa shape index (κ3) is 3.84. The zero-order valence-corrected chi connectivity index (χ0v) is 15.9. The molecule has 0 spiro atoms. The number of hydrogen-bond donors (Lipinski definition) is 0. The van der Waals surface area contributed by atoms with E-state index in [4.69, 9.17) is 0 Å². The maximum atomic E-state index is 12.7. The van der Waals surface area contributed by atoms with Crippen molar-refractivity contribution in [2.45, 2.75) is 71.5 Å².